The second-order valence-electron chi connectivity index (χ2n) is 8.48. The summed E-state index contributed by atoms with van der Waals surface area (Å²) in [5.41, 5.74) is -0.707. The van der Waals surface area contributed by atoms with Crippen molar-refractivity contribution in [2.24, 2.45) is 11.3 Å². The van der Waals surface area contributed by atoms with Gasteiger partial charge in [0.2, 0.25) is 0 Å². The van der Waals surface area contributed by atoms with Crippen LogP contribution in [-0.4, -0.2) is 42.5 Å². The lowest BCUT2D eigenvalue weighted by Crippen LogP contribution is -2.55. The number of nitrogens with one attached hydrogen (secondary N) is 2. The maximum absolute atomic E-state index is 12.3. The van der Waals surface area contributed by atoms with E-state index in [4.69, 9.17) is 9.84 Å². The van der Waals surface area contributed by atoms with E-state index in [0.717, 1.165) is 25.8 Å². The Morgan fingerprint density at radius 2 is 1.95 bits per heavy atom. The summed E-state index contributed by atoms with van der Waals surface area (Å²) in [6.07, 6.45) is 3.10. The minimum Gasteiger partial charge on any atom is -0.443 e. The van der Waals surface area contributed by atoms with Gasteiger partial charge in [-0.05, 0) is 65.0 Å². The maximum atomic E-state index is 12.3. The quantitative estimate of drug-likeness (QED) is 0.705. The van der Waals surface area contributed by atoms with E-state index in [1.165, 1.54) is 0 Å². The van der Waals surface area contributed by atoms with Crippen molar-refractivity contribution < 1.29 is 14.6 Å². The Morgan fingerprint density at radius 3 is 2.50 bits per heavy atom. The van der Waals surface area contributed by atoms with Gasteiger partial charge in [0.1, 0.15) is 5.60 Å². The molecule has 0 bridgehead atoms. The van der Waals surface area contributed by atoms with E-state index < -0.39 is 5.60 Å². The molecular formula is C17H34N2O3. The molecule has 1 rings (SSSR count). The van der Waals surface area contributed by atoms with Gasteiger partial charge in [-0.2, -0.15) is 0 Å². The largest absolute Gasteiger partial charge is 0.443 e. The highest BCUT2D eigenvalue weighted by molar-refractivity contribution is 5.68. The SMILES string of the molecule is CNCC1CC(C)(C)CC(C)(NC(=O)OC(C)(C)CCO)C1. The van der Waals surface area contributed by atoms with E-state index in [-0.39, 0.29) is 23.7 Å². The molecule has 5 nitrogen and oxygen atoms in total. The molecule has 0 saturated heterocycles. The highest BCUT2D eigenvalue weighted by atomic mass is 16.6. The standard InChI is InChI=1S/C17H34N2O3/c1-15(2)9-13(11-18-6)10-17(5,12-15)19-14(21)22-16(3,4)7-8-20/h13,18,20H,7-12H2,1-6H3,(H,19,21). The Labute approximate surface area is 135 Å². The predicted octanol–water partition coefficient (Wildman–Crippen LogP) is 2.68. The second-order valence-corrected chi connectivity index (χ2v) is 8.48. The number of carbonyl (C=O) groups is 1. The number of hydrogen-bond acceptors (Lipinski definition) is 4. The van der Waals surface area contributed by atoms with Gasteiger partial charge in [-0.25, -0.2) is 4.79 Å². The van der Waals surface area contributed by atoms with Gasteiger partial charge >= 0.3 is 6.09 Å². The first-order valence-corrected chi connectivity index (χ1v) is 8.27. The molecule has 22 heavy (non-hydrogen) atoms. The minimum atomic E-state index is -0.649. The van der Waals surface area contributed by atoms with Crippen molar-refractivity contribution in [1.29, 1.82) is 0 Å². The fourth-order valence-corrected chi connectivity index (χ4v) is 4.06. The van der Waals surface area contributed by atoms with Crippen LogP contribution < -0.4 is 10.6 Å². The van der Waals surface area contributed by atoms with E-state index in [1.54, 1.807) is 0 Å². The number of carbonyl (C=O) groups excluding carboxylic acids is 1. The Bertz CT molecular complexity index is 382. The van der Waals surface area contributed by atoms with Crippen LogP contribution in [0.5, 0.6) is 0 Å². The Kier molecular flexibility index (Phi) is 6.27. The number of rotatable bonds is 6. The molecule has 3 N–H and O–H groups in total. The molecule has 5 heteroatoms. The monoisotopic (exact) mass is 314 g/mol. The van der Waals surface area contributed by atoms with Crippen LogP contribution in [-0.2, 0) is 4.74 Å². The summed E-state index contributed by atoms with van der Waals surface area (Å²) in [7, 11) is 1.97. The molecule has 1 amide bonds. The Morgan fingerprint density at radius 1 is 1.32 bits per heavy atom. The molecule has 0 heterocycles. The molecule has 0 aromatic carbocycles. The predicted molar refractivity (Wildman–Crippen MR) is 88.9 cm³/mol. The van der Waals surface area contributed by atoms with Crippen molar-refractivity contribution >= 4 is 6.09 Å². The van der Waals surface area contributed by atoms with Gasteiger partial charge in [0.25, 0.3) is 0 Å². The summed E-state index contributed by atoms with van der Waals surface area (Å²) in [6, 6.07) is 0. The molecule has 0 spiro atoms. The van der Waals surface area contributed by atoms with Crippen LogP contribution in [0.15, 0.2) is 0 Å². The first-order chi connectivity index (χ1) is 10.0. The van der Waals surface area contributed by atoms with Crippen LogP contribution in [0.2, 0.25) is 0 Å². The average Bonchev–Trinajstić information content (AvgIpc) is 2.23. The maximum Gasteiger partial charge on any atom is 0.408 e. The number of hydrogen-bond donors (Lipinski definition) is 3. The molecule has 0 aliphatic heterocycles. The van der Waals surface area contributed by atoms with Crippen molar-refractivity contribution in [1.82, 2.24) is 10.6 Å². The van der Waals surface area contributed by atoms with Gasteiger partial charge < -0.3 is 20.5 Å². The lowest BCUT2D eigenvalue weighted by molar-refractivity contribution is 0.00813. The lowest BCUT2D eigenvalue weighted by atomic mass is 9.64. The molecular weight excluding hydrogens is 280 g/mol. The Balaban J connectivity index is 2.70. The van der Waals surface area contributed by atoms with Crippen molar-refractivity contribution in [3.05, 3.63) is 0 Å². The van der Waals surface area contributed by atoms with Gasteiger partial charge in [0, 0.05) is 18.6 Å². The molecule has 1 fully saturated rings. The van der Waals surface area contributed by atoms with Crippen molar-refractivity contribution in [3.63, 3.8) is 0 Å². The van der Waals surface area contributed by atoms with Crippen LogP contribution in [0.1, 0.15) is 60.3 Å². The van der Waals surface area contributed by atoms with Crippen molar-refractivity contribution in [2.75, 3.05) is 20.2 Å². The number of alkyl carbamates (subject to hydrolysis) is 1. The lowest BCUT2D eigenvalue weighted by Gasteiger charge is -2.47. The van der Waals surface area contributed by atoms with Gasteiger partial charge in [0.05, 0.1) is 0 Å². The normalized spacial score (nSPS) is 28.2. The fourth-order valence-electron chi connectivity index (χ4n) is 4.06. The Hall–Kier alpha value is -0.810. The summed E-state index contributed by atoms with van der Waals surface area (Å²) in [6.45, 7) is 11.2. The highest BCUT2D eigenvalue weighted by Crippen LogP contribution is 2.43. The van der Waals surface area contributed by atoms with Gasteiger partial charge in [-0.3, -0.25) is 0 Å². The third kappa shape index (κ3) is 6.13. The summed E-state index contributed by atoms with van der Waals surface area (Å²) in [5, 5.41) is 15.4. The third-order valence-corrected chi connectivity index (χ3v) is 4.43. The summed E-state index contributed by atoms with van der Waals surface area (Å²) in [5.74, 6) is 0.546. The van der Waals surface area contributed by atoms with E-state index in [1.807, 2.05) is 20.9 Å². The molecule has 0 aromatic heterocycles. The molecule has 1 aliphatic carbocycles. The van der Waals surface area contributed by atoms with E-state index in [9.17, 15) is 4.79 Å². The summed E-state index contributed by atoms with van der Waals surface area (Å²) < 4.78 is 5.48. The first-order valence-electron chi connectivity index (χ1n) is 8.27. The van der Waals surface area contributed by atoms with Gasteiger partial charge in [0.15, 0.2) is 0 Å². The van der Waals surface area contributed by atoms with Crippen LogP contribution in [0, 0.1) is 11.3 Å². The van der Waals surface area contributed by atoms with Crippen LogP contribution in [0.3, 0.4) is 0 Å². The van der Waals surface area contributed by atoms with E-state index >= 15 is 0 Å². The van der Waals surface area contributed by atoms with Crippen molar-refractivity contribution in [3.8, 4) is 0 Å². The smallest absolute Gasteiger partial charge is 0.408 e. The number of aliphatic hydroxyl groups is 1. The number of aliphatic hydroxyl groups excluding tert-OH is 1. The van der Waals surface area contributed by atoms with Crippen LogP contribution in [0.4, 0.5) is 4.79 Å². The molecule has 0 aromatic rings. The number of ether oxygens (including phenoxy) is 1. The van der Waals surface area contributed by atoms with Crippen LogP contribution in [0.25, 0.3) is 0 Å². The zero-order valence-electron chi connectivity index (χ0n) is 15.1. The van der Waals surface area contributed by atoms with E-state index in [2.05, 4.69) is 31.4 Å². The summed E-state index contributed by atoms with van der Waals surface area (Å²) in [4.78, 5) is 12.3. The second kappa shape index (κ2) is 7.18. The highest BCUT2D eigenvalue weighted by Gasteiger charge is 2.42. The van der Waals surface area contributed by atoms with E-state index in [0.29, 0.717) is 12.3 Å². The molecule has 0 radical (unpaired) electrons. The van der Waals surface area contributed by atoms with Crippen molar-refractivity contribution in [2.45, 2.75) is 71.4 Å². The summed E-state index contributed by atoms with van der Waals surface area (Å²) >= 11 is 0. The van der Waals surface area contributed by atoms with Gasteiger partial charge in [-0.15, -0.1) is 0 Å². The first kappa shape index (κ1) is 19.2. The zero-order valence-corrected chi connectivity index (χ0v) is 15.1. The zero-order chi connectivity index (χ0) is 17.0. The minimum absolute atomic E-state index is 0.00875. The fraction of sp³-hybridized carbons (Fsp3) is 0.941. The third-order valence-electron chi connectivity index (χ3n) is 4.43. The van der Waals surface area contributed by atoms with Crippen LogP contribution >= 0.6 is 0 Å². The molecule has 1 saturated carbocycles. The number of amides is 1. The molecule has 2 atom stereocenters. The molecule has 2 unspecified atom stereocenters. The topological polar surface area (TPSA) is 70.6 Å². The van der Waals surface area contributed by atoms with Gasteiger partial charge in [-0.1, -0.05) is 13.8 Å². The molecule has 130 valence electrons. The molecule has 1 aliphatic rings. The average molecular weight is 314 g/mol.